The van der Waals surface area contributed by atoms with Crippen molar-refractivity contribution in [1.82, 2.24) is 15.2 Å². The van der Waals surface area contributed by atoms with E-state index in [1.54, 1.807) is 0 Å². The molecule has 2 heterocycles. The second kappa shape index (κ2) is 6.88. The van der Waals surface area contributed by atoms with E-state index < -0.39 is 20.2 Å². The first-order valence-electron chi connectivity index (χ1n) is 7.91. The van der Waals surface area contributed by atoms with Crippen LogP contribution in [0.25, 0.3) is 0 Å². The first-order chi connectivity index (χ1) is 12.2. The van der Waals surface area contributed by atoms with E-state index in [4.69, 9.17) is 4.74 Å². The van der Waals surface area contributed by atoms with Crippen molar-refractivity contribution < 1.29 is 26.3 Å². The zero-order valence-corrected chi connectivity index (χ0v) is 14.6. The van der Waals surface area contributed by atoms with Gasteiger partial charge in [-0.05, 0) is 24.3 Å². The number of rotatable bonds is 4. The van der Waals surface area contributed by atoms with Crippen LogP contribution in [0.2, 0.25) is 0 Å². The minimum Gasteiger partial charge on any atom is -0.366 e. The molecule has 2 aromatic rings. The number of hydrogen-bond acceptors (Lipinski definition) is 6. The van der Waals surface area contributed by atoms with Gasteiger partial charge in [0.2, 0.25) is 0 Å². The zero-order valence-electron chi connectivity index (χ0n) is 13.8. The molecule has 0 saturated carbocycles. The molecule has 0 spiro atoms. The number of nitrogens with one attached hydrogen (secondary N) is 1. The van der Waals surface area contributed by atoms with Gasteiger partial charge in [0, 0.05) is 18.7 Å². The van der Waals surface area contributed by atoms with Gasteiger partial charge in [0.25, 0.3) is 9.84 Å². The van der Waals surface area contributed by atoms with Crippen molar-refractivity contribution in [3.05, 3.63) is 35.9 Å². The van der Waals surface area contributed by atoms with Crippen LogP contribution in [0.15, 0.2) is 29.2 Å². The molecule has 7 nitrogen and oxygen atoms in total. The Morgan fingerprint density at radius 3 is 2.58 bits per heavy atom. The SMILES string of the molecule is CCc1nc(C2CN(c3ccc(S(=O)(=O)C(F)(F)F)cc3)CCO2)n[nH]1. The second-order valence-corrected chi connectivity index (χ2v) is 7.68. The predicted molar refractivity (Wildman–Crippen MR) is 86.3 cm³/mol. The summed E-state index contributed by atoms with van der Waals surface area (Å²) >= 11 is 0. The Morgan fingerprint density at radius 2 is 2.00 bits per heavy atom. The molecule has 1 unspecified atom stereocenters. The molecule has 1 saturated heterocycles. The van der Waals surface area contributed by atoms with Crippen molar-refractivity contribution in [2.75, 3.05) is 24.6 Å². The summed E-state index contributed by atoms with van der Waals surface area (Å²) in [7, 11) is -5.35. The van der Waals surface area contributed by atoms with Crippen LogP contribution >= 0.6 is 0 Å². The van der Waals surface area contributed by atoms with Crippen molar-refractivity contribution in [2.45, 2.75) is 29.9 Å². The fourth-order valence-corrected chi connectivity index (χ4v) is 3.38. The molecule has 1 aliphatic heterocycles. The number of benzene rings is 1. The minimum absolute atomic E-state index is 0.376. The molecular weight excluding hydrogens is 373 g/mol. The molecule has 1 aromatic carbocycles. The molecule has 11 heteroatoms. The van der Waals surface area contributed by atoms with Crippen molar-refractivity contribution in [3.8, 4) is 0 Å². The Kier molecular flexibility index (Phi) is 4.93. The average molecular weight is 390 g/mol. The average Bonchev–Trinajstić information content (AvgIpc) is 3.10. The van der Waals surface area contributed by atoms with Gasteiger partial charge in [-0.3, -0.25) is 5.10 Å². The number of morpholine rings is 1. The third kappa shape index (κ3) is 3.54. The van der Waals surface area contributed by atoms with E-state index in [1.165, 1.54) is 12.1 Å². The highest BCUT2D eigenvalue weighted by Crippen LogP contribution is 2.32. The van der Waals surface area contributed by atoms with Crippen molar-refractivity contribution in [1.29, 1.82) is 0 Å². The van der Waals surface area contributed by atoms with Crippen LogP contribution in [0.4, 0.5) is 18.9 Å². The number of alkyl halides is 3. The van der Waals surface area contributed by atoms with E-state index in [-0.39, 0.29) is 6.10 Å². The Bertz CT molecular complexity index is 865. The summed E-state index contributed by atoms with van der Waals surface area (Å²) in [4.78, 5) is 5.44. The van der Waals surface area contributed by atoms with Gasteiger partial charge in [-0.25, -0.2) is 13.4 Å². The maximum absolute atomic E-state index is 12.6. The Hall–Kier alpha value is -2.14. The number of halogens is 3. The highest BCUT2D eigenvalue weighted by molar-refractivity contribution is 7.92. The van der Waals surface area contributed by atoms with Crippen LogP contribution in [-0.2, 0) is 21.0 Å². The molecule has 3 rings (SSSR count). The molecule has 0 aliphatic carbocycles. The van der Waals surface area contributed by atoms with E-state index in [9.17, 15) is 21.6 Å². The Morgan fingerprint density at radius 1 is 1.31 bits per heavy atom. The number of hydrogen-bond donors (Lipinski definition) is 1. The van der Waals surface area contributed by atoms with Gasteiger partial charge in [0.15, 0.2) is 5.82 Å². The molecule has 0 radical (unpaired) electrons. The minimum atomic E-state index is -5.35. The standard InChI is InChI=1S/C15H17F3N4O3S/c1-2-13-19-14(21-20-13)12-9-22(7-8-25-12)10-3-5-11(6-4-10)26(23,24)15(16,17)18/h3-6,12H,2,7-9H2,1H3,(H,19,20,21). The van der Waals surface area contributed by atoms with Gasteiger partial charge in [-0.1, -0.05) is 6.92 Å². The first-order valence-corrected chi connectivity index (χ1v) is 9.40. The predicted octanol–water partition coefficient (Wildman–Crippen LogP) is 2.24. The number of aromatic amines is 1. The summed E-state index contributed by atoms with van der Waals surface area (Å²) < 4.78 is 66.4. The third-order valence-electron chi connectivity index (χ3n) is 4.06. The van der Waals surface area contributed by atoms with Crippen LogP contribution in [0.1, 0.15) is 24.7 Å². The van der Waals surface area contributed by atoms with Crippen molar-refractivity contribution >= 4 is 15.5 Å². The van der Waals surface area contributed by atoms with Crippen LogP contribution < -0.4 is 4.90 Å². The van der Waals surface area contributed by atoms with E-state index in [2.05, 4.69) is 15.2 Å². The lowest BCUT2D eigenvalue weighted by Gasteiger charge is -2.33. The Labute approximate surface area is 148 Å². The van der Waals surface area contributed by atoms with Gasteiger partial charge in [-0.15, -0.1) is 0 Å². The molecule has 142 valence electrons. The summed E-state index contributed by atoms with van der Waals surface area (Å²) in [5.74, 6) is 1.25. The van der Waals surface area contributed by atoms with Gasteiger partial charge in [0.05, 0.1) is 18.0 Å². The quantitative estimate of drug-likeness (QED) is 0.862. The molecular formula is C15H17F3N4O3S. The maximum atomic E-state index is 12.6. The van der Waals surface area contributed by atoms with E-state index in [1.807, 2.05) is 11.8 Å². The number of H-pyrrole nitrogens is 1. The van der Waals surface area contributed by atoms with Crippen LogP contribution in [0, 0.1) is 0 Å². The van der Waals surface area contributed by atoms with Gasteiger partial charge >= 0.3 is 5.51 Å². The first kappa shape index (κ1) is 18.6. The van der Waals surface area contributed by atoms with Gasteiger partial charge in [0.1, 0.15) is 11.9 Å². The largest absolute Gasteiger partial charge is 0.501 e. The second-order valence-electron chi connectivity index (χ2n) is 5.74. The normalized spacial score (nSPS) is 18.9. The third-order valence-corrected chi connectivity index (χ3v) is 5.56. The monoisotopic (exact) mass is 390 g/mol. The molecule has 1 N–H and O–H groups in total. The molecule has 1 fully saturated rings. The summed E-state index contributed by atoms with van der Waals surface area (Å²) in [5.41, 5.74) is -4.72. The molecule has 0 bridgehead atoms. The highest BCUT2D eigenvalue weighted by atomic mass is 32.2. The number of aromatic nitrogens is 3. The number of aryl methyl sites for hydroxylation is 1. The fraction of sp³-hybridized carbons (Fsp3) is 0.467. The number of nitrogens with zero attached hydrogens (tertiary/aromatic N) is 3. The molecule has 26 heavy (non-hydrogen) atoms. The van der Waals surface area contributed by atoms with Crippen LogP contribution in [0.3, 0.4) is 0 Å². The maximum Gasteiger partial charge on any atom is 0.501 e. The summed E-state index contributed by atoms with van der Waals surface area (Å²) in [6.45, 7) is 3.26. The van der Waals surface area contributed by atoms with Crippen molar-refractivity contribution in [3.63, 3.8) is 0 Å². The lowest BCUT2D eigenvalue weighted by molar-refractivity contribution is -0.0436. The van der Waals surface area contributed by atoms with E-state index >= 15 is 0 Å². The summed E-state index contributed by atoms with van der Waals surface area (Å²) in [6, 6.07) is 4.64. The van der Waals surface area contributed by atoms with E-state index in [0.717, 1.165) is 18.0 Å². The Balaban J connectivity index is 1.77. The lowest BCUT2D eigenvalue weighted by atomic mass is 10.2. The topological polar surface area (TPSA) is 88.2 Å². The molecule has 1 aromatic heterocycles. The van der Waals surface area contributed by atoms with Gasteiger partial charge in [-0.2, -0.15) is 18.3 Å². The fourth-order valence-electron chi connectivity index (χ4n) is 2.62. The summed E-state index contributed by atoms with van der Waals surface area (Å²) in [6.07, 6.45) is 0.331. The smallest absolute Gasteiger partial charge is 0.366 e. The number of sulfone groups is 1. The number of ether oxygens (including phenoxy) is 1. The highest BCUT2D eigenvalue weighted by Gasteiger charge is 2.46. The molecule has 0 amide bonds. The van der Waals surface area contributed by atoms with Crippen LogP contribution in [-0.4, -0.2) is 48.8 Å². The van der Waals surface area contributed by atoms with Gasteiger partial charge < -0.3 is 9.64 Å². The summed E-state index contributed by atoms with van der Waals surface area (Å²) in [5, 5.41) is 6.93. The molecule has 1 atom stereocenters. The lowest BCUT2D eigenvalue weighted by Crippen LogP contribution is -2.38. The van der Waals surface area contributed by atoms with Crippen LogP contribution in [0.5, 0.6) is 0 Å². The molecule has 1 aliphatic rings. The zero-order chi connectivity index (χ0) is 18.9. The van der Waals surface area contributed by atoms with Crippen molar-refractivity contribution in [2.24, 2.45) is 0 Å². The number of anilines is 1. The van der Waals surface area contributed by atoms with E-state index in [0.29, 0.717) is 37.6 Å².